The second-order valence-corrected chi connectivity index (χ2v) is 3.74. The highest BCUT2D eigenvalue weighted by Crippen LogP contribution is 2.14. The first-order valence-electron chi connectivity index (χ1n) is 4.30. The van der Waals surface area contributed by atoms with Gasteiger partial charge >= 0.3 is 0 Å². The van der Waals surface area contributed by atoms with Gasteiger partial charge in [0.25, 0.3) is 5.92 Å². The molecule has 0 aromatic heterocycles. The third-order valence-electron chi connectivity index (χ3n) is 1.93. The van der Waals surface area contributed by atoms with Crippen LogP contribution in [0.2, 0.25) is 0 Å². The van der Waals surface area contributed by atoms with Gasteiger partial charge in [0.1, 0.15) is 6.61 Å². The fourth-order valence-corrected chi connectivity index (χ4v) is 0.765. The topological polar surface area (TPSA) is 72.7 Å². The lowest BCUT2D eigenvalue weighted by atomic mass is 9.93. The standard InChI is InChI=1S/C8H17F2NO3/c1-7(4-12,5-13)2-11-3-8(9,10)6-14/h11-14H,2-6H2,1H3. The van der Waals surface area contributed by atoms with E-state index in [1.807, 2.05) is 0 Å². The van der Waals surface area contributed by atoms with Crippen molar-refractivity contribution in [1.29, 1.82) is 0 Å². The Bertz CT molecular complexity index is 163. The number of halogens is 2. The molecule has 6 heteroatoms. The van der Waals surface area contributed by atoms with Crippen LogP contribution in [0.5, 0.6) is 0 Å². The van der Waals surface area contributed by atoms with Crippen molar-refractivity contribution in [3.8, 4) is 0 Å². The van der Waals surface area contributed by atoms with Gasteiger partial charge in [0.05, 0.1) is 19.8 Å². The van der Waals surface area contributed by atoms with Crippen molar-refractivity contribution in [2.75, 3.05) is 32.9 Å². The fourth-order valence-electron chi connectivity index (χ4n) is 0.765. The molecule has 14 heavy (non-hydrogen) atoms. The zero-order valence-corrected chi connectivity index (χ0v) is 8.13. The Balaban J connectivity index is 3.83. The number of aliphatic hydroxyl groups excluding tert-OH is 3. The molecule has 4 nitrogen and oxygen atoms in total. The molecule has 86 valence electrons. The first-order valence-corrected chi connectivity index (χ1v) is 4.30. The molecule has 4 N–H and O–H groups in total. The summed E-state index contributed by atoms with van der Waals surface area (Å²) in [5.74, 6) is -3.16. The lowest BCUT2D eigenvalue weighted by Crippen LogP contribution is -2.43. The first-order chi connectivity index (χ1) is 6.39. The molecular formula is C8H17F2NO3. The zero-order valence-electron chi connectivity index (χ0n) is 8.13. The molecular weight excluding hydrogens is 196 g/mol. The second-order valence-electron chi connectivity index (χ2n) is 3.74. The Morgan fingerprint density at radius 2 is 1.50 bits per heavy atom. The van der Waals surface area contributed by atoms with Crippen molar-refractivity contribution in [1.82, 2.24) is 5.32 Å². The minimum atomic E-state index is -3.16. The molecule has 0 aliphatic carbocycles. The van der Waals surface area contributed by atoms with Crippen LogP contribution in [0.1, 0.15) is 6.92 Å². The summed E-state index contributed by atoms with van der Waals surface area (Å²) >= 11 is 0. The van der Waals surface area contributed by atoms with E-state index in [9.17, 15) is 8.78 Å². The van der Waals surface area contributed by atoms with Crippen LogP contribution in [-0.2, 0) is 0 Å². The third kappa shape index (κ3) is 4.80. The highest BCUT2D eigenvalue weighted by atomic mass is 19.3. The molecule has 0 fully saturated rings. The van der Waals surface area contributed by atoms with Crippen molar-refractivity contribution < 1.29 is 24.1 Å². The third-order valence-corrected chi connectivity index (χ3v) is 1.93. The van der Waals surface area contributed by atoms with Gasteiger partial charge in [-0.05, 0) is 0 Å². The summed E-state index contributed by atoms with van der Waals surface area (Å²) in [5.41, 5.74) is -0.814. The van der Waals surface area contributed by atoms with Gasteiger partial charge in [-0.25, -0.2) is 8.78 Å². The van der Waals surface area contributed by atoms with Crippen LogP contribution in [0.3, 0.4) is 0 Å². The van der Waals surface area contributed by atoms with Crippen LogP contribution >= 0.6 is 0 Å². The summed E-state index contributed by atoms with van der Waals surface area (Å²) in [4.78, 5) is 0. The second kappa shape index (κ2) is 5.55. The average Bonchev–Trinajstić information content (AvgIpc) is 2.17. The number of nitrogens with one attached hydrogen (secondary N) is 1. The molecule has 0 atom stereocenters. The Morgan fingerprint density at radius 3 is 1.86 bits per heavy atom. The molecule has 0 spiro atoms. The molecule has 0 aliphatic heterocycles. The molecule has 0 saturated heterocycles. The number of aliphatic hydroxyl groups is 3. The zero-order chi connectivity index (χ0) is 11.2. The largest absolute Gasteiger partial charge is 0.396 e. The number of rotatable bonds is 7. The van der Waals surface area contributed by atoms with Crippen LogP contribution in [0.4, 0.5) is 8.78 Å². The van der Waals surface area contributed by atoms with E-state index in [1.54, 1.807) is 6.92 Å². The predicted octanol–water partition coefficient (Wildman–Crippen LogP) is -0.806. The van der Waals surface area contributed by atoms with E-state index < -0.39 is 24.5 Å². The van der Waals surface area contributed by atoms with Gasteiger partial charge in [-0.3, -0.25) is 0 Å². The fraction of sp³-hybridized carbons (Fsp3) is 1.00. The van der Waals surface area contributed by atoms with E-state index in [0.717, 1.165) is 0 Å². The minimum Gasteiger partial charge on any atom is -0.396 e. The Hall–Kier alpha value is -0.300. The van der Waals surface area contributed by atoms with E-state index >= 15 is 0 Å². The van der Waals surface area contributed by atoms with Gasteiger partial charge in [0.2, 0.25) is 0 Å². The van der Waals surface area contributed by atoms with E-state index in [1.165, 1.54) is 0 Å². The van der Waals surface area contributed by atoms with Crippen LogP contribution in [0, 0.1) is 5.41 Å². The van der Waals surface area contributed by atoms with E-state index in [-0.39, 0.29) is 19.8 Å². The highest BCUT2D eigenvalue weighted by molar-refractivity contribution is 4.77. The maximum atomic E-state index is 12.5. The summed E-state index contributed by atoms with van der Waals surface area (Å²) in [6.07, 6.45) is 0. The lowest BCUT2D eigenvalue weighted by molar-refractivity contribution is -0.0506. The molecule has 0 rings (SSSR count). The van der Waals surface area contributed by atoms with E-state index in [0.29, 0.717) is 0 Å². The Morgan fingerprint density at radius 1 is 1.00 bits per heavy atom. The van der Waals surface area contributed by atoms with Gasteiger partial charge in [0.15, 0.2) is 0 Å². The van der Waals surface area contributed by atoms with Gasteiger partial charge in [-0.15, -0.1) is 0 Å². The van der Waals surface area contributed by atoms with Crippen molar-refractivity contribution >= 4 is 0 Å². The maximum Gasteiger partial charge on any atom is 0.282 e. The van der Waals surface area contributed by atoms with Crippen molar-refractivity contribution in [3.63, 3.8) is 0 Å². The lowest BCUT2D eigenvalue weighted by Gasteiger charge is -2.26. The summed E-state index contributed by atoms with van der Waals surface area (Å²) in [6.45, 7) is -0.830. The van der Waals surface area contributed by atoms with Crippen LogP contribution in [0.15, 0.2) is 0 Å². The molecule has 0 heterocycles. The normalized spacial score (nSPS) is 13.3. The molecule has 0 aromatic carbocycles. The van der Waals surface area contributed by atoms with Crippen LogP contribution in [0.25, 0.3) is 0 Å². The summed E-state index contributed by atoms with van der Waals surface area (Å²) in [7, 11) is 0. The van der Waals surface area contributed by atoms with Crippen molar-refractivity contribution in [2.24, 2.45) is 5.41 Å². The first kappa shape index (κ1) is 13.7. The Labute approximate surface area is 81.6 Å². The number of hydrogen-bond acceptors (Lipinski definition) is 4. The average molecular weight is 213 g/mol. The smallest absolute Gasteiger partial charge is 0.282 e. The van der Waals surface area contributed by atoms with Crippen molar-refractivity contribution in [3.05, 3.63) is 0 Å². The molecule has 0 radical (unpaired) electrons. The molecule has 0 aliphatic rings. The summed E-state index contributed by atoms with van der Waals surface area (Å²) in [5, 5.41) is 28.3. The van der Waals surface area contributed by atoms with Crippen LogP contribution in [-0.4, -0.2) is 54.2 Å². The number of alkyl halides is 2. The van der Waals surface area contributed by atoms with Gasteiger partial charge < -0.3 is 20.6 Å². The van der Waals surface area contributed by atoms with Gasteiger partial charge in [0, 0.05) is 12.0 Å². The SMILES string of the molecule is CC(CO)(CO)CNCC(F)(F)CO. The molecule has 0 aromatic rings. The van der Waals surface area contributed by atoms with Gasteiger partial charge in [-0.2, -0.15) is 0 Å². The molecule has 0 unspecified atom stereocenters. The Kier molecular flexibility index (Phi) is 5.43. The summed E-state index contributed by atoms with van der Waals surface area (Å²) < 4.78 is 25.0. The molecule has 0 bridgehead atoms. The monoisotopic (exact) mass is 213 g/mol. The molecule has 0 amide bonds. The minimum absolute atomic E-state index is 0.0651. The quantitative estimate of drug-likeness (QED) is 0.446. The van der Waals surface area contributed by atoms with Gasteiger partial charge in [-0.1, -0.05) is 6.92 Å². The van der Waals surface area contributed by atoms with E-state index in [4.69, 9.17) is 15.3 Å². The van der Waals surface area contributed by atoms with Crippen molar-refractivity contribution in [2.45, 2.75) is 12.8 Å². The summed E-state index contributed by atoms with van der Waals surface area (Å²) in [6, 6.07) is 0. The predicted molar refractivity (Wildman–Crippen MR) is 47.2 cm³/mol. The van der Waals surface area contributed by atoms with E-state index in [2.05, 4.69) is 5.32 Å². The number of hydrogen-bond donors (Lipinski definition) is 4. The van der Waals surface area contributed by atoms with Crippen LogP contribution < -0.4 is 5.32 Å². The maximum absolute atomic E-state index is 12.5. The highest BCUT2D eigenvalue weighted by Gasteiger charge is 2.29. The molecule has 0 saturated carbocycles.